The quantitative estimate of drug-likeness (QED) is 0.212. The van der Waals surface area contributed by atoms with E-state index in [2.05, 4.69) is 35.3 Å². The smallest absolute Gasteiger partial charge is 0.416 e. The predicted octanol–water partition coefficient (Wildman–Crippen LogP) is 5.24. The lowest BCUT2D eigenvalue weighted by Gasteiger charge is -2.36. The van der Waals surface area contributed by atoms with E-state index in [9.17, 15) is 28.0 Å². The van der Waals surface area contributed by atoms with Crippen molar-refractivity contribution in [3.8, 4) is 6.07 Å². The number of ether oxygens (including phenoxy) is 1. The van der Waals surface area contributed by atoms with Gasteiger partial charge in [-0.1, -0.05) is 12.1 Å². The number of aryl methyl sites for hydroxylation is 1. The van der Waals surface area contributed by atoms with Crippen LogP contribution in [0.15, 0.2) is 83.1 Å². The van der Waals surface area contributed by atoms with Crippen LogP contribution < -0.4 is 15.1 Å². The summed E-state index contributed by atoms with van der Waals surface area (Å²) in [5, 5.41) is 16.3. The number of carbonyl (C=O) groups excluding carboxylic acids is 1. The Morgan fingerprint density at radius 2 is 1.93 bits per heavy atom. The van der Waals surface area contributed by atoms with Gasteiger partial charge in [-0.2, -0.15) is 18.4 Å². The number of alkyl halides is 3. The van der Waals surface area contributed by atoms with Crippen molar-refractivity contribution in [1.29, 1.82) is 5.26 Å². The van der Waals surface area contributed by atoms with Crippen LogP contribution in [0.1, 0.15) is 41.6 Å². The minimum atomic E-state index is -4.62. The summed E-state index contributed by atoms with van der Waals surface area (Å²) in [7, 11) is 5.32. The van der Waals surface area contributed by atoms with Gasteiger partial charge in [0, 0.05) is 30.1 Å². The average Bonchev–Trinajstić information content (AvgIpc) is 3.40. The third kappa shape index (κ3) is 5.97. The molecule has 232 valence electrons. The van der Waals surface area contributed by atoms with Crippen LogP contribution in [0.3, 0.4) is 0 Å². The Labute approximate surface area is 257 Å². The van der Waals surface area contributed by atoms with E-state index in [4.69, 9.17) is 4.74 Å². The van der Waals surface area contributed by atoms with Crippen LogP contribution in [0.2, 0.25) is 0 Å². The monoisotopic (exact) mass is 618 g/mol. The number of esters is 1. The summed E-state index contributed by atoms with van der Waals surface area (Å²) < 4.78 is 47.9. The Morgan fingerprint density at radius 1 is 1.16 bits per heavy atom. The molecule has 13 heteroatoms. The molecule has 0 amide bonds. The molecular weight excluding hydrogens is 587 g/mol. The number of carbonyl (C=O) groups is 1. The van der Waals surface area contributed by atoms with Gasteiger partial charge in [-0.25, -0.2) is 19.3 Å². The number of allylic oxidation sites excluding steroid dienone is 1. The number of methoxy groups -OCH3 is 1. The molecule has 45 heavy (non-hydrogen) atoms. The van der Waals surface area contributed by atoms with Crippen molar-refractivity contribution in [3.05, 3.63) is 111 Å². The van der Waals surface area contributed by atoms with Crippen LogP contribution in [0.4, 0.5) is 30.5 Å². The number of aromatic nitrogens is 4. The first kappa shape index (κ1) is 31.2. The maximum Gasteiger partial charge on any atom is 0.416 e. The van der Waals surface area contributed by atoms with Gasteiger partial charge in [0.15, 0.2) is 5.69 Å². The van der Waals surface area contributed by atoms with Crippen LogP contribution in [-0.4, -0.2) is 53.5 Å². The first-order valence-electron chi connectivity index (χ1n) is 14.1. The first-order valence-corrected chi connectivity index (χ1v) is 14.1. The Hall–Kier alpha value is -5.22. The van der Waals surface area contributed by atoms with E-state index >= 15 is 0 Å². The summed E-state index contributed by atoms with van der Waals surface area (Å²) in [6.45, 7) is 2.28. The second-order valence-electron chi connectivity index (χ2n) is 11.2. The summed E-state index contributed by atoms with van der Waals surface area (Å²) in [6.07, 6.45) is 0.0708. The lowest BCUT2D eigenvalue weighted by Crippen LogP contribution is -2.41. The highest BCUT2D eigenvalue weighted by Crippen LogP contribution is 2.43. The van der Waals surface area contributed by atoms with E-state index < -0.39 is 29.4 Å². The summed E-state index contributed by atoms with van der Waals surface area (Å²) in [6, 6.07) is 14.6. The molecule has 3 heterocycles. The molecule has 0 aliphatic carbocycles. The van der Waals surface area contributed by atoms with Crippen molar-refractivity contribution in [1.82, 2.24) is 24.2 Å². The van der Waals surface area contributed by atoms with E-state index in [1.54, 1.807) is 31.3 Å². The number of hydrogen-bond donors (Lipinski definition) is 1. The first-order chi connectivity index (χ1) is 21.4. The van der Waals surface area contributed by atoms with Crippen molar-refractivity contribution in [3.63, 3.8) is 0 Å². The highest BCUT2D eigenvalue weighted by atomic mass is 19.4. The zero-order valence-corrected chi connectivity index (χ0v) is 25.1. The molecule has 0 fully saturated rings. The maximum atomic E-state index is 13.6. The number of pyridine rings is 1. The van der Waals surface area contributed by atoms with Crippen molar-refractivity contribution in [2.75, 3.05) is 32.6 Å². The molecule has 2 aromatic carbocycles. The van der Waals surface area contributed by atoms with Gasteiger partial charge in [-0.15, -0.1) is 5.10 Å². The molecule has 0 radical (unpaired) electrons. The molecule has 0 saturated heterocycles. The number of quaternary nitrogens is 1. The number of nitrogens with one attached hydrogen (secondary N) is 1. The Balaban J connectivity index is 1.63. The highest BCUT2D eigenvalue weighted by Gasteiger charge is 2.41. The average molecular weight is 619 g/mol. The fraction of sp³-hybridized carbons (Fsp3) is 0.281. The number of aromatic amines is 1. The van der Waals surface area contributed by atoms with Gasteiger partial charge < -0.3 is 4.74 Å². The largest absolute Gasteiger partial charge is 0.466 e. The fourth-order valence-electron chi connectivity index (χ4n) is 5.74. The van der Waals surface area contributed by atoms with Crippen LogP contribution in [0.25, 0.3) is 0 Å². The highest BCUT2D eigenvalue weighted by molar-refractivity contribution is 5.93. The lowest BCUT2D eigenvalue weighted by atomic mass is 9.88. The topological polar surface area (TPSA) is 117 Å². The number of hydrogen-bond acceptors (Lipinski definition) is 7. The van der Waals surface area contributed by atoms with Gasteiger partial charge >= 0.3 is 17.8 Å². The van der Waals surface area contributed by atoms with Crippen LogP contribution in [0.5, 0.6) is 0 Å². The Morgan fingerprint density at radius 3 is 2.60 bits per heavy atom. The SMILES string of the molecule is COC(=O)C1=C(C)N(c2cccc(C(F)(F)F)c2)c2n[nH]c(=O)n2[C@@H]1c1ccc(C#N)cc1CCC[N+](C)(C)c1cccnc1. The summed E-state index contributed by atoms with van der Waals surface area (Å²) >= 11 is 0. The van der Waals surface area contributed by atoms with Crippen molar-refractivity contribution < 1.29 is 22.7 Å². The molecule has 1 atom stereocenters. The van der Waals surface area contributed by atoms with Crippen LogP contribution in [-0.2, 0) is 22.1 Å². The number of halogens is 3. The number of rotatable bonds is 8. The number of anilines is 2. The third-order valence-corrected chi connectivity index (χ3v) is 8.05. The number of nitrogens with zero attached hydrogens (tertiary/aromatic N) is 6. The number of benzene rings is 2. The zero-order valence-electron chi connectivity index (χ0n) is 25.1. The van der Waals surface area contributed by atoms with Gasteiger partial charge in [-0.05, 0) is 60.9 Å². The minimum Gasteiger partial charge on any atom is -0.466 e. The van der Waals surface area contributed by atoms with Gasteiger partial charge in [0.05, 0.1) is 56.7 Å². The van der Waals surface area contributed by atoms with Gasteiger partial charge in [0.1, 0.15) is 6.04 Å². The fourth-order valence-corrected chi connectivity index (χ4v) is 5.74. The molecule has 0 saturated carbocycles. The third-order valence-electron chi connectivity index (χ3n) is 8.05. The van der Waals surface area contributed by atoms with Crippen molar-refractivity contribution >= 4 is 23.3 Å². The molecule has 1 aliphatic heterocycles. The van der Waals surface area contributed by atoms with Crippen molar-refractivity contribution in [2.45, 2.75) is 32.0 Å². The molecule has 0 spiro atoms. The second-order valence-corrected chi connectivity index (χ2v) is 11.2. The van der Waals surface area contributed by atoms with E-state index in [1.807, 2.05) is 18.3 Å². The molecule has 10 nitrogen and oxygen atoms in total. The van der Waals surface area contributed by atoms with Crippen LogP contribution in [0, 0.1) is 11.3 Å². The van der Waals surface area contributed by atoms with E-state index in [1.165, 1.54) is 28.7 Å². The molecule has 4 aromatic rings. The van der Waals surface area contributed by atoms with Crippen molar-refractivity contribution in [2.24, 2.45) is 0 Å². The normalized spacial score (nSPS) is 15.1. The van der Waals surface area contributed by atoms with E-state index in [0.717, 1.165) is 23.4 Å². The summed E-state index contributed by atoms with van der Waals surface area (Å²) in [5.41, 5.74) is 1.47. The molecule has 0 bridgehead atoms. The van der Waals surface area contributed by atoms with E-state index in [-0.39, 0.29) is 22.9 Å². The van der Waals surface area contributed by atoms with Gasteiger partial charge in [0.25, 0.3) is 0 Å². The lowest BCUT2D eigenvalue weighted by molar-refractivity contribution is -0.138. The Kier molecular flexibility index (Phi) is 8.36. The minimum absolute atomic E-state index is 0.000773. The molecule has 5 rings (SSSR count). The molecule has 0 unspecified atom stereocenters. The van der Waals surface area contributed by atoms with Crippen LogP contribution >= 0.6 is 0 Å². The molecule has 2 aromatic heterocycles. The number of nitriles is 1. The molecular formula is C32H31F3N7O3+. The summed E-state index contributed by atoms with van der Waals surface area (Å²) in [5.74, 6) is -0.767. The standard InChI is InChI=1S/C32H30F3N7O3/c1-20-27(29(43)45-4)28(41-30(38-39-31(41)44)40(20)24-10-5-9-23(17-24)32(33,34)35)26-13-12-21(18-36)16-22(26)8-7-15-42(2,3)25-11-6-14-37-19-25/h5-6,9-14,16-17,19,28H,7-8,15H2,1-4H3/p+1/t28-/m1/s1. The van der Waals surface area contributed by atoms with E-state index in [0.29, 0.717) is 35.0 Å². The summed E-state index contributed by atoms with van der Waals surface area (Å²) in [4.78, 5) is 32.4. The molecule has 1 N–H and O–H groups in total. The molecule has 1 aliphatic rings. The van der Waals surface area contributed by atoms with Gasteiger partial charge in [-0.3, -0.25) is 14.4 Å². The second kappa shape index (κ2) is 12.0. The number of fused-ring (bicyclic) bond motifs is 1. The predicted molar refractivity (Wildman–Crippen MR) is 162 cm³/mol. The number of H-pyrrole nitrogens is 1. The van der Waals surface area contributed by atoms with Gasteiger partial charge in [0.2, 0.25) is 5.95 Å². The Bertz CT molecular complexity index is 1870. The maximum absolute atomic E-state index is 13.6. The zero-order chi connectivity index (χ0) is 32.5.